The summed E-state index contributed by atoms with van der Waals surface area (Å²) in [5.41, 5.74) is 1.55. The number of sulfonamides is 1. The molecular formula is C20H31N3O3S. The SMILES string of the molecule is CCN(CC)S(=O)(=O)c1ccc(N2CCCC2)c(NC(=O)C2CCCC2)c1. The van der Waals surface area contributed by atoms with E-state index in [9.17, 15) is 13.2 Å². The summed E-state index contributed by atoms with van der Waals surface area (Å²) in [7, 11) is -3.56. The number of hydrogen-bond acceptors (Lipinski definition) is 4. The third-order valence-electron chi connectivity index (χ3n) is 5.74. The van der Waals surface area contributed by atoms with Gasteiger partial charge in [-0.05, 0) is 43.9 Å². The summed E-state index contributed by atoms with van der Waals surface area (Å²) in [4.78, 5) is 15.2. The van der Waals surface area contributed by atoms with Crippen LogP contribution in [-0.2, 0) is 14.8 Å². The molecule has 2 fully saturated rings. The zero-order valence-corrected chi connectivity index (χ0v) is 17.2. The molecule has 1 heterocycles. The number of carbonyl (C=O) groups excluding carboxylic acids is 1. The third kappa shape index (κ3) is 4.29. The van der Waals surface area contributed by atoms with Crippen molar-refractivity contribution in [2.24, 2.45) is 5.92 Å². The van der Waals surface area contributed by atoms with Gasteiger partial charge in [-0.15, -0.1) is 0 Å². The first-order valence-electron chi connectivity index (χ1n) is 10.2. The summed E-state index contributed by atoms with van der Waals surface area (Å²) >= 11 is 0. The average Bonchev–Trinajstić information content (AvgIpc) is 3.36. The largest absolute Gasteiger partial charge is 0.370 e. The minimum atomic E-state index is -3.56. The number of hydrogen-bond donors (Lipinski definition) is 1. The second-order valence-corrected chi connectivity index (χ2v) is 9.37. The maximum absolute atomic E-state index is 12.9. The Hall–Kier alpha value is -1.60. The van der Waals surface area contributed by atoms with E-state index in [1.54, 1.807) is 12.1 Å². The summed E-state index contributed by atoms with van der Waals surface area (Å²) in [6.07, 6.45) is 6.26. The molecule has 1 amide bonds. The second kappa shape index (κ2) is 8.61. The van der Waals surface area contributed by atoms with Crippen LogP contribution >= 0.6 is 0 Å². The van der Waals surface area contributed by atoms with Gasteiger partial charge >= 0.3 is 0 Å². The molecule has 1 aliphatic carbocycles. The molecule has 0 spiro atoms. The first kappa shape index (κ1) is 20.1. The van der Waals surface area contributed by atoms with E-state index < -0.39 is 10.0 Å². The zero-order chi connectivity index (χ0) is 19.4. The zero-order valence-electron chi connectivity index (χ0n) is 16.4. The minimum Gasteiger partial charge on any atom is -0.370 e. The lowest BCUT2D eigenvalue weighted by Crippen LogP contribution is -2.31. The van der Waals surface area contributed by atoms with E-state index in [0.717, 1.165) is 57.3 Å². The number of amides is 1. The lowest BCUT2D eigenvalue weighted by molar-refractivity contribution is -0.119. The summed E-state index contributed by atoms with van der Waals surface area (Å²) < 4.78 is 27.3. The predicted octanol–water partition coefficient (Wildman–Crippen LogP) is 3.45. The number of carbonyl (C=O) groups is 1. The van der Waals surface area contributed by atoms with Gasteiger partial charge < -0.3 is 10.2 Å². The fourth-order valence-corrected chi connectivity index (χ4v) is 5.63. The van der Waals surface area contributed by atoms with E-state index in [1.165, 1.54) is 4.31 Å². The molecule has 27 heavy (non-hydrogen) atoms. The van der Waals surface area contributed by atoms with Gasteiger partial charge in [0.15, 0.2) is 0 Å². The third-order valence-corrected chi connectivity index (χ3v) is 7.79. The van der Waals surface area contributed by atoms with Crippen molar-refractivity contribution in [1.82, 2.24) is 4.31 Å². The highest BCUT2D eigenvalue weighted by Crippen LogP contribution is 2.34. The fourth-order valence-electron chi connectivity index (χ4n) is 4.14. The van der Waals surface area contributed by atoms with Gasteiger partial charge in [0, 0.05) is 32.1 Å². The van der Waals surface area contributed by atoms with Crippen LogP contribution in [0.4, 0.5) is 11.4 Å². The van der Waals surface area contributed by atoms with Gasteiger partial charge in [-0.25, -0.2) is 8.42 Å². The Labute approximate surface area is 163 Å². The molecule has 7 heteroatoms. The molecule has 1 aromatic carbocycles. The van der Waals surface area contributed by atoms with Gasteiger partial charge in [-0.1, -0.05) is 26.7 Å². The number of benzene rings is 1. The van der Waals surface area contributed by atoms with Gasteiger partial charge in [0.2, 0.25) is 15.9 Å². The molecular weight excluding hydrogens is 362 g/mol. The van der Waals surface area contributed by atoms with Crippen LogP contribution in [0.1, 0.15) is 52.4 Å². The normalized spacial score (nSPS) is 18.4. The molecule has 0 atom stereocenters. The predicted molar refractivity (Wildman–Crippen MR) is 109 cm³/mol. The van der Waals surface area contributed by atoms with Crippen LogP contribution in [0.2, 0.25) is 0 Å². The Kier molecular flexibility index (Phi) is 6.42. The van der Waals surface area contributed by atoms with E-state index in [-0.39, 0.29) is 16.7 Å². The van der Waals surface area contributed by atoms with Gasteiger partial charge in [0.1, 0.15) is 0 Å². The number of nitrogens with zero attached hydrogens (tertiary/aromatic N) is 2. The lowest BCUT2D eigenvalue weighted by Gasteiger charge is -2.24. The van der Waals surface area contributed by atoms with Crippen LogP contribution in [0.25, 0.3) is 0 Å². The van der Waals surface area contributed by atoms with Crippen LogP contribution in [0.3, 0.4) is 0 Å². The van der Waals surface area contributed by atoms with Crippen molar-refractivity contribution in [2.45, 2.75) is 57.3 Å². The van der Waals surface area contributed by atoms with Gasteiger partial charge in [-0.3, -0.25) is 4.79 Å². The van der Waals surface area contributed by atoms with Crippen LogP contribution in [0.15, 0.2) is 23.1 Å². The molecule has 3 rings (SSSR count). The molecule has 1 N–H and O–H groups in total. The average molecular weight is 394 g/mol. The van der Waals surface area contributed by atoms with Crippen molar-refractivity contribution in [3.63, 3.8) is 0 Å². The molecule has 0 unspecified atom stereocenters. The van der Waals surface area contributed by atoms with Crippen molar-refractivity contribution in [3.05, 3.63) is 18.2 Å². The molecule has 1 saturated heterocycles. The summed E-state index contributed by atoms with van der Waals surface area (Å²) in [5, 5.41) is 3.05. The molecule has 1 saturated carbocycles. The molecule has 1 aromatic rings. The van der Waals surface area contributed by atoms with Crippen LogP contribution in [0.5, 0.6) is 0 Å². The van der Waals surface area contributed by atoms with Crippen LogP contribution in [0, 0.1) is 5.92 Å². The molecule has 0 aromatic heterocycles. The Balaban J connectivity index is 1.94. The van der Waals surface area contributed by atoms with E-state index in [0.29, 0.717) is 18.8 Å². The minimum absolute atomic E-state index is 0.0188. The Morgan fingerprint density at radius 3 is 2.33 bits per heavy atom. The standard InChI is InChI=1S/C20H31N3O3S/c1-3-23(4-2)27(25,26)17-11-12-19(22-13-7-8-14-22)18(15-17)21-20(24)16-9-5-6-10-16/h11-12,15-16H,3-10,13-14H2,1-2H3,(H,21,24). The number of nitrogens with one attached hydrogen (secondary N) is 1. The summed E-state index contributed by atoms with van der Waals surface area (Å²) in [5.74, 6) is 0.0600. The van der Waals surface area contributed by atoms with Crippen molar-refractivity contribution >= 4 is 27.3 Å². The molecule has 0 radical (unpaired) electrons. The van der Waals surface area contributed by atoms with Crippen molar-refractivity contribution in [3.8, 4) is 0 Å². The fraction of sp³-hybridized carbons (Fsp3) is 0.650. The number of anilines is 2. The Morgan fingerprint density at radius 2 is 1.74 bits per heavy atom. The summed E-state index contributed by atoms with van der Waals surface area (Å²) in [6.45, 7) is 6.40. The maximum Gasteiger partial charge on any atom is 0.243 e. The molecule has 2 aliphatic rings. The number of rotatable bonds is 7. The van der Waals surface area contributed by atoms with Crippen molar-refractivity contribution in [2.75, 3.05) is 36.4 Å². The lowest BCUT2D eigenvalue weighted by atomic mass is 10.1. The summed E-state index contributed by atoms with van der Waals surface area (Å²) in [6, 6.07) is 5.17. The van der Waals surface area contributed by atoms with Gasteiger partial charge in [0.05, 0.1) is 16.3 Å². The molecule has 150 valence electrons. The molecule has 0 bridgehead atoms. The Bertz CT molecular complexity index is 763. The molecule has 6 nitrogen and oxygen atoms in total. The first-order chi connectivity index (χ1) is 13.0. The topological polar surface area (TPSA) is 69.7 Å². The highest BCUT2D eigenvalue weighted by molar-refractivity contribution is 7.89. The monoisotopic (exact) mass is 393 g/mol. The Morgan fingerprint density at radius 1 is 1.11 bits per heavy atom. The van der Waals surface area contributed by atoms with Crippen molar-refractivity contribution in [1.29, 1.82) is 0 Å². The van der Waals surface area contributed by atoms with Gasteiger partial charge in [-0.2, -0.15) is 4.31 Å². The van der Waals surface area contributed by atoms with E-state index >= 15 is 0 Å². The van der Waals surface area contributed by atoms with E-state index in [1.807, 2.05) is 19.9 Å². The smallest absolute Gasteiger partial charge is 0.243 e. The van der Waals surface area contributed by atoms with Crippen LogP contribution in [-0.4, -0.2) is 44.8 Å². The van der Waals surface area contributed by atoms with Crippen LogP contribution < -0.4 is 10.2 Å². The highest BCUT2D eigenvalue weighted by Gasteiger charge is 2.27. The highest BCUT2D eigenvalue weighted by atomic mass is 32.2. The first-order valence-corrected chi connectivity index (χ1v) is 11.6. The quantitative estimate of drug-likeness (QED) is 0.770. The van der Waals surface area contributed by atoms with Crippen molar-refractivity contribution < 1.29 is 13.2 Å². The maximum atomic E-state index is 12.9. The molecule has 1 aliphatic heterocycles. The van der Waals surface area contributed by atoms with Gasteiger partial charge in [0.25, 0.3) is 0 Å². The van der Waals surface area contributed by atoms with E-state index in [2.05, 4.69) is 10.2 Å². The van der Waals surface area contributed by atoms with E-state index in [4.69, 9.17) is 0 Å². The second-order valence-electron chi connectivity index (χ2n) is 7.43.